The molecule has 4 amide bonds. The average molecular weight is 835 g/mol. The Bertz CT molecular complexity index is 1960. The second kappa shape index (κ2) is 20.3. The summed E-state index contributed by atoms with van der Waals surface area (Å²) in [7, 11) is -2.95. The zero-order valence-corrected chi connectivity index (χ0v) is 37.0. The van der Waals surface area contributed by atoms with Gasteiger partial charge < -0.3 is 30.0 Å². The molecule has 5 atom stereocenters. The number of carbonyl (C=O) groups is 5. The summed E-state index contributed by atoms with van der Waals surface area (Å²) in [4.78, 5) is 71.1. The van der Waals surface area contributed by atoms with Crippen LogP contribution in [0.3, 0.4) is 0 Å². The molecule has 320 valence electrons. The van der Waals surface area contributed by atoms with Gasteiger partial charge in [-0.05, 0) is 91.6 Å². The van der Waals surface area contributed by atoms with Gasteiger partial charge in [-0.3, -0.25) is 24.0 Å². The molecule has 0 aliphatic carbocycles. The Labute approximate surface area is 356 Å². The molecule has 2 heterocycles. The molecule has 60 heavy (non-hydrogen) atoms. The highest BCUT2D eigenvalue weighted by atomic mass is 28.4. The van der Waals surface area contributed by atoms with E-state index in [1.165, 1.54) is 4.90 Å². The summed E-state index contributed by atoms with van der Waals surface area (Å²) in [5.74, 6) is -1.25. The molecule has 0 aromatic heterocycles. The highest BCUT2D eigenvalue weighted by Crippen LogP contribution is 2.37. The van der Waals surface area contributed by atoms with Crippen LogP contribution in [0.25, 0.3) is 0 Å². The van der Waals surface area contributed by atoms with Crippen molar-refractivity contribution < 1.29 is 33.1 Å². The van der Waals surface area contributed by atoms with Gasteiger partial charge in [-0.2, -0.15) is 0 Å². The zero-order chi connectivity index (χ0) is 43.5. The Balaban J connectivity index is 1.28. The van der Waals surface area contributed by atoms with Gasteiger partial charge in [-0.25, -0.2) is 0 Å². The van der Waals surface area contributed by atoms with E-state index in [4.69, 9.17) is 9.16 Å². The van der Waals surface area contributed by atoms with Crippen molar-refractivity contribution >= 4 is 48.1 Å². The Morgan fingerprint density at radius 1 is 0.933 bits per heavy atom. The van der Waals surface area contributed by atoms with E-state index in [2.05, 4.69) is 67.6 Å². The number of hydrogen-bond acceptors (Lipinski definition) is 7. The first-order chi connectivity index (χ1) is 28.6. The van der Waals surface area contributed by atoms with Crippen molar-refractivity contribution in [2.45, 2.75) is 121 Å². The van der Waals surface area contributed by atoms with Crippen LogP contribution < -0.4 is 31.1 Å². The Morgan fingerprint density at radius 3 is 2.15 bits per heavy atom. The fraction of sp³-hybridized carbons (Fsp3) is 0.438. The number of benzene rings is 3. The molecule has 0 spiro atoms. The van der Waals surface area contributed by atoms with Crippen LogP contribution in [0.4, 0.5) is 0 Å². The number of nitrogens with one attached hydrogen (secondary N) is 3. The SMILES string of the molecule is C=CCOc1ccc(C[C@@H]2NC(=O)[C@](C)(CC)NC(=O)[C@H](CCC/C=C/C(=O)[C@H](C)O[Si](c3ccccc3)(c3ccccc3)C(C)(C)C)NC(=O)[C@H]3CCCN3C2=O)cc1. The second-order valence-corrected chi connectivity index (χ2v) is 21.3. The monoisotopic (exact) mass is 834 g/mol. The first-order valence-electron chi connectivity index (χ1n) is 21.2. The summed E-state index contributed by atoms with van der Waals surface area (Å²) >= 11 is 0. The maximum atomic E-state index is 14.2. The highest BCUT2D eigenvalue weighted by molar-refractivity contribution is 6.99. The van der Waals surface area contributed by atoms with Gasteiger partial charge >= 0.3 is 0 Å². The molecule has 3 aromatic rings. The normalized spacial score (nSPS) is 22.2. The standard InChI is InChI=1S/C48H62N4O7Si/c1-8-32-58-36-29-27-35(28-30-36)33-40-45(56)52-31-19-25-41(52)44(55)49-39(43(54)51-48(7,9-2)46(57)50-40)24-17-12-18-26-42(53)34(3)59-60(47(4,5)6,37-20-13-10-14-21-37)38-22-15-11-16-23-38/h8,10-11,13-16,18,20-23,26-30,34,39-41H,1,9,12,17,19,24-25,31-33H2,2-7H3,(H,49,55)(H,50,57)(H,51,54)/b26-18+/t34-,39-,40-,41+,48-/m0/s1. The smallest absolute Gasteiger partial charge is 0.262 e. The number of ether oxygens (including phenoxy) is 1. The van der Waals surface area contributed by atoms with E-state index in [0.717, 1.165) is 15.9 Å². The van der Waals surface area contributed by atoms with Gasteiger partial charge in [0.05, 0.1) is 0 Å². The van der Waals surface area contributed by atoms with E-state index in [-0.39, 0.29) is 36.0 Å². The molecular weight excluding hydrogens is 773 g/mol. The molecule has 2 saturated heterocycles. The van der Waals surface area contributed by atoms with Crippen molar-refractivity contribution in [3.63, 3.8) is 0 Å². The van der Waals surface area contributed by atoms with Gasteiger partial charge in [0.15, 0.2) is 5.78 Å². The van der Waals surface area contributed by atoms with Crippen LogP contribution in [0.2, 0.25) is 5.04 Å². The molecule has 11 nitrogen and oxygen atoms in total. The van der Waals surface area contributed by atoms with E-state index in [1.807, 2.05) is 48.5 Å². The number of carbonyl (C=O) groups excluding carboxylic acids is 5. The summed E-state index contributed by atoms with van der Waals surface area (Å²) < 4.78 is 12.6. The summed E-state index contributed by atoms with van der Waals surface area (Å²) in [6.07, 6.45) is 6.92. The number of hydrogen-bond donors (Lipinski definition) is 3. The number of ketones is 1. The van der Waals surface area contributed by atoms with Crippen molar-refractivity contribution in [3.05, 3.63) is 115 Å². The van der Waals surface area contributed by atoms with Crippen molar-refractivity contribution in [2.24, 2.45) is 0 Å². The Morgan fingerprint density at radius 2 is 1.57 bits per heavy atom. The van der Waals surface area contributed by atoms with E-state index in [1.54, 1.807) is 51.1 Å². The van der Waals surface area contributed by atoms with Gasteiger partial charge in [-0.15, -0.1) is 0 Å². The first kappa shape index (κ1) is 45.7. The van der Waals surface area contributed by atoms with Crippen molar-refractivity contribution in [1.29, 1.82) is 0 Å². The molecule has 2 fully saturated rings. The summed E-state index contributed by atoms with van der Waals surface area (Å²) in [5.41, 5.74) is -0.566. The molecule has 2 aliphatic rings. The quantitative estimate of drug-likeness (QED) is 0.0769. The van der Waals surface area contributed by atoms with Crippen LogP contribution in [-0.4, -0.2) is 85.5 Å². The lowest BCUT2D eigenvalue weighted by atomic mass is 9.94. The number of unbranched alkanes of at least 4 members (excludes halogenated alkanes) is 1. The van der Waals surface area contributed by atoms with Crippen molar-refractivity contribution in [2.75, 3.05) is 13.2 Å². The van der Waals surface area contributed by atoms with E-state index < -0.39 is 55.8 Å². The number of allylic oxidation sites excluding steroid dienone is 1. The Kier molecular flexibility index (Phi) is 15.5. The molecule has 0 radical (unpaired) electrons. The molecular formula is C48H62N4O7Si. The summed E-state index contributed by atoms with van der Waals surface area (Å²) in [6, 6.07) is 24.9. The maximum absolute atomic E-state index is 14.2. The van der Waals surface area contributed by atoms with Gasteiger partial charge in [0.2, 0.25) is 23.6 Å². The predicted molar refractivity (Wildman–Crippen MR) is 237 cm³/mol. The number of fused-ring (bicyclic) bond motifs is 1. The lowest BCUT2D eigenvalue weighted by molar-refractivity contribution is -0.144. The van der Waals surface area contributed by atoms with Crippen LogP contribution >= 0.6 is 0 Å². The van der Waals surface area contributed by atoms with Crippen molar-refractivity contribution in [1.82, 2.24) is 20.9 Å². The number of rotatable bonds is 16. The molecule has 0 saturated carbocycles. The Hall–Kier alpha value is -5.33. The van der Waals surface area contributed by atoms with E-state index >= 15 is 0 Å². The zero-order valence-electron chi connectivity index (χ0n) is 36.0. The molecule has 3 N–H and O–H groups in total. The lowest BCUT2D eigenvalue weighted by Crippen LogP contribution is -2.68. The minimum atomic E-state index is -2.95. The van der Waals surface area contributed by atoms with Crippen LogP contribution in [0, 0.1) is 0 Å². The van der Waals surface area contributed by atoms with Crippen LogP contribution in [-0.2, 0) is 34.8 Å². The van der Waals surface area contributed by atoms with E-state index in [0.29, 0.717) is 44.6 Å². The first-order valence-corrected chi connectivity index (χ1v) is 23.1. The third-order valence-electron chi connectivity index (χ3n) is 11.7. The molecule has 5 rings (SSSR count). The fourth-order valence-corrected chi connectivity index (χ4v) is 12.8. The third kappa shape index (κ3) is 10.7. The van der Waals surface area contributed by atoms with Gasteiger partial charge in [0.1, 0.15) is 42.1 Å². The molecule has 0 unspecified atom stereocenters. The largest absolute Gasteiger partial charge is 0.490 e. The van der Waals surface area contributed by atoms with Gasteiger partial charge in [0.25, 0.3) is 8.32 Å². The number of amides is 4. The predicted octanol–water partition coefficient (Wildman–Crippen LogP) is 5.31. The molecule has 2 aliphatic heterocycles. The minimum Gasteiger partial charge on any atom is -0.490 e. The minimum absolute atomic E-state index is 0.163. The fourth-order valence-electron chi connectivity index (χ4n) is 8.12. The summed E-state index contributed by atoms with van der Waals surface area (Å²) in [5, 5.41) is 10.6. The van der Waals surface area contributed by atoms with Gasteiger partial charge in [-0.1, -0.05) is 119 Å². The molecule has 3 aromatic carbocycles. The van der Waals surface area contributed by atoms with Crippen LogP contribution in [0.5, 0.6) is 5.75 Å². The topological polar surface area (TPSA) is 143 Å². The van der Waals surface area contributed by atoms with Crippen molar-refractivity contribution in [3.8, 4) is 5.75 Å². The lowest BCUT2D eigenvalue weighted by Gasteiger charge is -2.44. The maximum Gasteiger partial charge on any atom is 0.262 e. The molecule has 12 heteroatoms. The summed E-state index contributed by atoms with van der Waals surface area (Å²) in [6.45, 7) is 16.1. The van der Waals surface area contributed by atoms with Gasteiger partial charge in [0, 0.05) is 13.0 Å². The van der Waals surface area contributed by atoms with Crippen LogP contribution in [0.15, 0.2) is 110 Å². The third-order valence-corrected chi connectivity index (χ3v) is 16.8. The average Bonchev–Trinajstić information content (AvgIpc) is 3.74. The second-order valence-electron chi connectivity index (χ2n) is 17.1. The van der Waals surface area contributed by atoms with Crippen LogP contribution in [0.1, 0.15) is 85.6 Å². The molecule has 0 bridgehead atoms. The number of nitrogens with zero attached hydrogens (tertiary/aromatic N) is 1. The highest BCUT2D eigenvalue weighted by Gasteiger charge is 2.51. The van der Waals surface area contributed by atoms with E-state index in [9.17, 15) is 24.0 Å².